The number of anilines is 1. The molecule has 53 heavy (non-hydrogen) atoms. The Hall–Kier alpha value is -4.67. The van der Waals surface area contributed by atoms with Gasteiger partial charge in [0.1, 0.15) is 17.6 Å². The first kappa shape index (κ1) is 39.5. The van der Waals surface area contributed by atoms with Gasteiger partial charge in [0.25, 0.3) is 0 Å². The first-order valence-corrected chi connectivity index (χ1v) is 17.8. The number of amides is 1. The minimum absolute atomic E-state index is 0.163. The van der Waals surface area contributed by atoms with Gasteiger partial charge < -0.3 is 15.2 Å². The van der Waals surface area contributed by atoms with E-state index in [1.165, 1.54) is 0 Å². The van der Waals surface area contributed by atoms with Crippen molar-refractivity contribution in [3.63, 3.8) is 0 Å². The molecule has 17 heteroatoms. The molecule has 1 atom stereocenters. The lowest BCUT2D eigenvalue weighted by Gasteiger charge is -2.31. The van der Waals surface area contributed by atoms with Gasteiger partial charge in [-0.3, -0.25) is 9.78 Å². The summed E-state index contributed by atoms with van der Waals surface area (Å²) in [5.74, 6) is -16.6. The second-order valence-corrected chi connectivity index (χ2v) is 15.7. The van der Waals surface area contributed by atoms with Crippen molar-refractivity contribution in [3.8, 4) is 5.75 Å². The van der Waals surface area contributed by atoms with E-state index in [-0.39, 0.29) is 27.2 Å². The van der Waals surface area contributed by atoms with E-state index in [1.807, 2.05) is 26.8 Å². The second kappa shape index (κ2) is 15.0. The highest BCUT2D eigenvalue weighted by atomic mass is 35.5. The number of rotatable bonds is 12. The molecule has 0 saturated heterocycles. The number of carboxylic acids is 1. The maximum atomic E-state index is 15.3. The normalized spacial score (nSPS) is 14.0. The molecule has 1 aliphatic rings. The minimum atomic E-state index is -5.92. The number of ether oxygens (including phenoxy) is 1. The number of nitrogens with zero attached hydrogens (tertiary/aromatic N) is 2. The Balaban J connectivity index is 1.76. The summed E-state index contributed by atoms with van der Waals surface area (Å²) in [5, 5.41) is 11.4. The van der Waals surface area contributed by atoms with Crippen molar-refractivity contribution in [2.45, 2.75) is 68.8 Å². The van der Waals surface area contributed by atoms with E-state index in [9.17, 15) is 40.7 Å². The van der Waals surface area contributed by atoms with Gasteiger partial charge in [0.2, 0.25) is 21.7 Å². The van der Waals surface area contributed by atoms with Gasteiger partial charge in [0.05, 0.1) is 41.8 Å². The zero-order valence-corrected chi connectivity index (χ0v) is 30.1. The summed E-state index contributed by atoms with van der Waals surface area (Å²) in [4.78, 5) is 27.5. The van der Waals surface area contributed by atoms with Gasteiger partial charge in [-0.15, -0.1) is 0 Å². The summed E-state index contributed by atoms with van der Waals surface area (Å²) < 4.78 is 122. The number of carboxylic acid groups (broad SMARTS) is 1. The smallest absolute Gasteiger partial charge is 0.335 e. The molecule has 1 amide bonds. The van der Waals surface area contributed by atoms with Crippen LogP contribution in [0, 0.1) is 34.9 Å². The number of sulfonamides is 1. The number of nitrogens with one attached hydrogen (secondary N) is 1. The maximum Gasteiger partial charge on any atom is 0.335 e. The van der Waals surface area contributed by atoms with Gasteiger partial charge in [-0.05, 0) is 71.6 Å². The first-order valence-electron chi connectivity index (χ1n) is 15.9. The van der Waals surface area contributed by atoms with Crippen LogP contribution in [0.2, 0.25) is 5.02 Å². The number of pyridine rings is 1. The van der Waals surface area contributed by atoms with E-state index < -0.39 is 96.8 Å². The summed E-state index contributed by atoms with van der Waals surface area (Å²) >= 11 is 6.18. The Kier molecular flexibility index (Phi) is 11.2. The molecule has 0 bridgehead atoms. The van der Waals surface area contributed by atoms with Crippen LogP contribution in [0.4, 0.5) is 32.0 Å². The molecular formula is C36H32ClF6N3O6S. The maximum absolute atomic E-state index is 15.3. The number of methoxy groups -OCH3 is 1. The van der Waals surface area contributed by atoms with Gasteiger partial charge >= 0.3 is 5.97 Å². The Morgan fingerprint density at radius 2 is 1.60 bits per heavy atom. The lowest BCUT2D eigenvalue weighted by Crippen LogP contribution is -2.49. The van der Waals surface area contributed by atoms with E-state index in [2.05, 4.69) is 10.3 Å². The summed E-state index contributed by atoms with van der Waals surface area (Å²) in [6, 6.07) is 7.38. The van der Waals surface area contributed by atoms with E-state index in [4.69, 9.17) is 16.3 Å². The van der Waals surface area contributed by atoms with Crippen molar-refractivity contribution < 1.29 is 54.2 Å². The monoisotopic (exact) mass is 783 g/mol. The van der Waals surface area contributed by atoms with Crippen LogP contribution in [0.5, 0.6) is 5.75 Å². The topological polar surface area (TPSA) is 126 Å². The van der Waals surface area contributed by atoms with Gasteiger partial charge in [-0.2, -0.15) is 4.31 Å². The molecule has 3 aromatic carbocycles. The molecule has 1 aliphatic carbocycles. The highest BCUT2D eigenvalue weighted by molar-refractivity contribution is 7.89. The average Bonchev–Trinajstić information content (AvgIpc) is 3.94. The van der Waals surface area contributed by atoms with Crippen molar-refractivity contribution in [2.24, 2.45) is 0 Å². The fraction of sp³-hybridized carbons (Fsp3) is 0.306. The second-order valence-electron chi connectivity index (χ2n) is 13.4. The molecular weight excluding hydrogens is 752 g/mol. The number of aromatic carboxylic acids is 1. The first-order chi connectivity index (χ1) is 24.7. The standard InChI is InChI=1S/C36H32ClF6N3O6S/c1-36(2,3)21-10-17(9-20(12-21)18-5-6-18)11-26(34(47)45-24-8-7-19(35(48)49)13-27(24)52-4)46(16-25-23(37)14-22(38)15-44-25)53(50,51)33-31(42)29(40)28(39)30(41)32(33)43/h7-10,12-15,18,26H,5-6,11,16H2,1-4H3,(H,45,47)(H,48,49). The zero-order valence-electron chi connectivity index (χ0n) is 28.5. The van der Waals surface area contributed by atoms with Crippen molar-refractivity contribution in [3.05, 3.63) is 117 Å². The number of aromatic nitrogens is 1. The summed E-state index contributed by atoms with van der Waals surface area (Å²) in [7, 11) is -4.76. The number of hydrogen-bond donors (Lipinski definition) is 2. The molecule has 0 aliphatic heterocycles. The highest BCUT2D eigenvalue weighted by Gasteiger charge is 2.43. The molecule has 282 valence electrons. The van der Waals surface area contributed by atoms with Crippen LogP contribution >= 0.6 is 11.6 Å². The lowest BCUT2D eigenvalue weighted by molar-refractivity contribution is -0.120. The molecule has 1 unspecified atom stereocenters. The fourth-order valence-corrected chi connectivity index (χ4v) is 7.49. The molecule has 1 heterocycles. The van der Waals surface area contributed by atoms with Crippen LogP contribution in [0.25, 0.3) is 0 Å². The number of benzene rings is 3. The molecule has 2 N–H and O–H groups in total. The van der Waals surface area contributed by atoms with Crippen LogP contribution in [-0.2, 0) is 33.2 Å². The molecule has 5 rings (SSSR count). The molecule has 1 fully saturated rings. The number of carbonyl (C=O) groups is 2. The van der Waals surface area contributed by atoms with Gasteiger partial charge in [-0.1, -0.05) is 50.6 Å². The fourth-order valence-electron chi connectivity index (χ4n) is 5.61. The van der Waals surface area contributed by atoms with Crippen molar-refractivity contribution in [1.82, 2.24) is 9.29 Å². The Labute approximate surface area is 305 Å². The number of carbonyl (C=O) groups excluding carboxylic acids is 1. The Morgan fingerprint density at radius 3 is 2.15 bits per heavy atom. The van der Waals surface area contributed by atoms with E-state index in [1.54, 1.807) is 12.1 Å². The minimum Gasteiger partial charge on any atom is -0.495 e. The van der Waals surface area contributed by atoms with Gasteiger partial charge in [-0.25, -0.2) is 39.6 Å². The van der Waals surface area contributed by atoms with Crippen LogP contribution < -0.4 is 10.1 Å². The predicted molar refractivity (Wildman–Crippen MR) is 181 cm³/mol. The van der Waals surface area contributed by atoms with Gasteiger partial charge in [0, 0.05) is 0 Å². The largest absolute Gasteiger partial charge is 0.495 e. The van der Waals surface area contributed by atoms with Crippen LogP contribution in [0.1, 0.15) is 72.3 Å². The summed E-state index contributed by atoms with van der Waals surface area (Å²) in [6.07, 6.45) is 1.82. The quantitative estimate of drug-likeness (QED) is 0.0851. The van der Waals surface area contributed by atoms with E-state index in [0.717, 1.165) is 55.3 Å². The average molecular weight is 784 g/mol. The van der Waals surface area contributed by atoms with Crippen molar-refractivity contribution in [2.75, 3.05) is 12.4 Å². The molecule has 9 nitrogen and oxygen atoms in total. The van der Waals surface area contributed by atoms with Crippen molar-refractivity contribution in [1.29, 1.82) is 0 Å². The number of hydrogen-bond acceptors (Lipinski definition) is 6. The summed E-state index contributed by atoms with van der Waals surface area (Å²) in [6.45, 7) is 4.63. The molecule has 0 spiro atoms. The molecule has 4 aromatic rings. The Bertz CT molecular complexity index is 2200. The summed E-state index contributed by atoms with van der Waals surface area (Å²) in [5.41, 5.74) is 0.724. The molecule has 1 aromatic heterocycles. The molecule has 0 radical (unpaired) electrons. The van der Waals surface area contributed by atoms with Gasteiger partial charge in [0.15, 0.2) is 28.2 Å². The van der Waals surface area contributed by atoms with E-state index in [0.29, 0.717) is 11.8 Å². The number of halogens is 7. The zero-order chi connectivity index (χ0) is 39.2. The van der Waals surface area contributed by atoms with Crippen LogP contribution in [-0.4, -0.2) is 47.8 Å². The van der Waals surface area contributed by atoms with Crippen molar-refractivity contribution >= 4 is 39.2 Å². The Morgan fingerprint density at radius 1 is 0.981 bits per heavy atom. The third-order valence-electron chi connectivity index (χ3n) is 8.64. The SMILES string of the molecule is COc1cc(C(=O)O)ccc1NC(=O)C(Cc1cc(C2CC2)cc(C(C)(C)C)c1)N(Cc1ncc(F)cc1Cl)S(=O)(=O)c1c(F)c(F)c(F)c(F)c1F. The van der Waals surface area contributed by atoms with Crippen LogP contribution in [0.3, 0.4) is 0 Å². The lowest BCUT2D eigenvalue weighted by atomic mass is 9.83. The predicted octanol–water partition coefficient (Wildman–Crippen LogP) is 7.89. The highest BCUT2D eigenvalue weighted by Crippen LogP contribution is 2.42. The third-order valence-corrected chi connectivity index (χ3v) is 10.8. The molecule has 1 saturated carbocycles. The van der Waals surface area contributed by atoms with E-state index >= 15 is 8.78 Å². The third kappa shape index (κ3) is 8.29. The van der Waals surface area contributed by atoms with Crippen LogP contribution in [0.15, 0.2) is 53.6 Å².